The van der Waals surface area contributed by atoms with Crippen LogP contribution < -0.4 is 5.23 Å². The van der Waals surface area contributed by atoms with Crippen molar-refractivity contribution in [2.24, 2.45) is 0 Å². The van der Waals surface area contributed by atoms with Crippen LogP contribution in [0.25, 0.3) is 0 Å². The van der Waals surface area contributed by atoms with Crippen LogP contribution in [0.2, 0.25) is 0 Å². The Morgan fingerprint density at radius 1 is 1.75 bits per heavy atom. The van der Waals surface area contributed by atoms with Crippen molar-refractivity contribution < 1.29 is 14.4 Å². The molecule has 0 fully saturated rings. The maximum atomic E-state index is 12.9. The topological polar surface area (TPSA) is 45.6 Å². The zero-order valence-electron chi connectivity index (χ0n) is 6.16. The molecule has 66 valence electrons. The van der Waals surface area contributed by atoms with E-state index in [4.69, 9.17) is 5.21 Å². The summed E-state index contributed by atoms with van der Waals surface area (Å²) in [6.45, 7) is 0. The van der Waals surface area contributed by atoms with Crippen molar-refractivity contribution in [1.29, 1.82) is 0 Å². The maximum absolute atomic E-state index is 12.9. The monoisotopic (exact) mass is 236 g/mol. The molecule has 0 spiro atoms. The standard InChI is InChI=1S/C6H6BrFN2O2/c1-12-10(11)6-5(8)2-4(7)3-9-6/h2-3,11H,1H3. The number of hydrogen-bond acceptors (Lipinski definition) is 4. The smallest absolute Gasteiger partial charge is 0.219 e. The van der Waals surface area contributed by atoms with Gasteiger partial charge in [-0.3, -0.25) is 10.0 Å². The predicted molar refractivity (Wildman–Crippen MR) is 43.2 cm³/mol. The highest BCUT2D eigenvalue weighted by Crippen LogP contribution is 2.18. The molecule has 4 nitrogen and oxygen atoms in total. The van der Waals surface area contributed by atoms with Gasteiger partial charge in [0.1, 0.15) is 0 Å². The summed E-state index contributed by atoms with van der Waals surface area (Å²) in [5.41, 5.74) is 0. The second kappa shape index (κ2) is 3.79. The Kier molecular flexibility index (Phi) is 2.96. The van der Waals surface area contributed by atoms with Crippen molar-refractivity contribution in [3.63, 3.8) is 0 Å². The molecule has 0 radical (unpaired) electrons. The van der Waals surface area contributed by atoms with E-state index in [-0.39, 0.29) is 11.0 Å². The minimum absolute atomic E-state index is 0.252. The lowest BCUT2D eigenvalue weighted by atomic mass is 10.4. The van der Waals surface area contributed by atoms with Gasteiger partial charge in [0.2, 0.25) is 5.82 Å². The molecule has 1 N–H and O–H groups in total. The van der Waals surface area contributed by atoms with E-state index in [1.165, 1.54) is 19.4 Å². The van der Waals surface area contributed by atoms with Gasteiger partial charge in [-0.15, -0.1) is 5.23 Å². The molecule has 0 aliphatic carbocycles. The highest BCUT2D eigenvalue weighted by atomic mass is 79.9. The molecule has 6 heteroatoms. The van der Waals surface area contributed by atoms with Crippen LogP contribution in [0.15, 0.2) is 16.7 Å². The molecular formula is C6H6BrFN2O2. The van der Waals surface area contributed by atoms with Crippen molar-refractivity contribution in [2.75, 3.05) is 12.3 Å². The van der Waals surface area contributed by atoms with Crippen LogP contribution in [0, 0.1) is 5.82 Å². The molecule has 0 atom stereocenters. The lowest BCUT2D eigenvalue weighted by molar-refractivity contribution is -0.0147. The Hall–Kier alpha value is -0.720. The normalized spacial score (nSPS) is 10.0. The Morgan fingerprint density at radius 3 is 2.92 bits per heavy atom. The molecule has 12 heavy (non-hydrogen) atoms. The van der Waals surface area contributed by atoms with E-state index in [0.29, 0.717) is 4.47 Å². The average Bonchev–Trinajstić information content (AvgIpc) is 2.03. The number of pyridine rings is 1. The fraction of sp³-hybridized carbons (Fsp3) is 0.167. The number of nitrogens with zero attached hydrogens (tertiary/aromatic N) is 2. The van der Waals surface area contributed by atoms with E-state index in [2.05, 4.69) is 25.8 Å². The Morgan fingerprint density at radius 2 is 2.42 bits per heavy atom. The van der Waals surface area contributed by atoms with E-state index < -0.39 is 5.82 Å². The minimum Gasteiger partial charge on any atom is -0.262 e. The SMILES string of the molecule is CON(O)c1ncc(Br)cc1F. The molecule has 1 heterocycles. The first-order valence-corrected chi connectivity index (χ1v) is 3.78. The minimum atomic E-state index is -0.672. The van der Waals surface area contributed by atoms with Gasteiger partial charge in [-0.1, -0.05) is 0 Å². The Balaban J connectivity index is 3.01. The van der Waals surface area contributed by atoms with Crippen LogP contribution in [0.1, 0.15) is 0 Å². The van der Waals surface area contributed by atoms with Gasteiger partial charge in [-0.05, 0) is 22.0 Å². The second-order valence-corrected chi connectivity index (χ2v) is 2.83. The van der Waals surface area contributed by atoms with Crippen molar-refractivity contribution in [3.05, 3.63) is 22.6 Å². The zero-order valence-corrected chi connectivity index (χ0v) is 7.75. The van der Waals surface area contributed by atoms with Gasteiger partial charge in [0.05, 0.1) is 7.11 Å². The summed E-state index contributed by atoms with van der Waals surface area (Å²) in [7, 11) is 1.20. The summed E-state index contributed by atoms with van der Waals surface area (Å²) >= 11 is 3.02. The van der Waals surface area contributed by atoms with E-state index in [1.807, 2.05) is 0 Å². The van der Waals surface area contributed by atoms with Crippen LogP contribution in [-0.2, 0) is 4.84 Å². The van der Waals surface area contributed by atoms with Crippen molar-refractivity contribution >= 4 is 21.7 Å². The van der Waals surface area contributed by atoms with Crippen molar-refractivity contribution in [2.45, 2.75) is 0 Å². The molecule has 0 aliphatic rings. The van der Waals surface area contributed by atoms with Crippen molar-refractivity contribution in [1.82, 2.24) is 4.98 Å². The molecule has 0 saturated heterocycles. The zero-order chi connectivity index (χ0) is 9.14. The van der Waals surface area contributed by atoms with Gasteiger partial charge in [0, 0.05) is 10.7 Å². The lowest BCUT2D eigenvalue weighted by Crippen LogP contribution is -2.18. The van der Waals surface area contributed by atoms with Gasteiger partial charge < -0.3 is 0 Å². The largest absolute Gasteiger partial charge is 0.262 e. The average molecular weight is 237 g/mol. The quantitative estimate of drug-likeness (QED) is 0.795. The highest BCUT2D eigenvalue weighted by Gasteiger charge is 2.10. The lowest BCUT2D eigenvalue weighted by Gasteiger charge is -2.11. The third-order valence-electron chi connectivity index (χ3n) is 1.14. The molecule has 0 aliphatic heterocycles. The van der Waals surface area contributed by atoms with Crippen LogP contribution in [-0.4, -0.2) is 17.3 Å². The third kappa shape index (κ3) is 1.90. The number of rotatable bonds is 2. The number of hydrogen-bond donors (Lipinski definition) is 1. The van der Waals surface area contributed by atoms with Crippen LogP contribution in [0.4, 0.5) is 10.2 Å². The maximum Gasteiger partial charge on any atom is 0.219 e. The second-order valence-electron chi connectivity index (χ2n) is 1.91. The number of anilines is 1. The molecular weight excluding hydrogens is 231 g/mol. The fourth-order valence-corrected chi connectivity index (χ4v) is 0.938. The summed E-state index contributed by atoms with van der Waals surface area (Å²) in [4.78, 5) is 7.91. The van der Waals surface area contributed by atoms with Gasteiger partial charge >= 0.3 is 0 Å². The first-order chi connectivity index (χ1) is 5.65. The summed E-state index contributed by atoms with van der Waals surface area (Å²) in [6.07, 6.45) is 1.35. The van der Waals surface area contributed by atoms with Gasteiger partial charge in [-0.25, -0.2) is 9.37 Å². The van der Waals surface area contributed by atoms with E-state index in [1.54, 1.807) is 0 Å². The molecule has 1 aromatic rings. The molecule has 1 rings (SSSR count). The van der Waals surface area contributed by atoms with Crippen LogP contribution in [0.3, 0.4) is 0 Å². The molecule has 0 unspecified atom stereocenters. The molecule has 1 aromatic heterocycles. The molecule has 0 aromatic carbocycles. The highest BCUT2D eigenvalue weighted by molar-refractivity contribution is 9.10. The summed E-state index contributed by atoms with van der Waals surface area (Å²) in [5.74, 6) is -0.950. The first kappa shape index (κ1) is 9.37. The van der Waals surface area contributed by atoms with E-state index in [9.17, 15) is 4.39 Å². The summed E-state index contributed by atoms with van der Waals surface area (Å²) < 4.78 is 13.4. The third-order valence-corrected chi connectivity index (χ3v) is 1.58. The first-order valence-electron chi connectivity index (χ1n) is 2.99. The van der Waals surface area contributed by atoms with Crippen LogP contribution in [0.5, 0.6) is 0 Å². The Labute approximate surface area is 76.6 Å². The summed E-state index contributed by atoms with van der Waals surface area (Å²) in [6, 6.07) is 1.17. The van der Waals surface area contributed by atoms with Crippen molar-refractivity contribution in [3.8, 4) is 0 Å². The summed E-state index contributed by atoms with van der Waals surface area (Å²) in [5, 5.41) is 9.15. The number of aromatic nitrogens is 1. The predicted octanol–water partition coefficient (Wildman–Crippen LogP) is 1.74. The molecule has 0 saturated carbocycles. The van der Waals surface area contributed by atoms with Gasteiger partial charge in [-0.2, -0.15) is 0 Å². The molecule has 0 amide bonds. The van der Waals surface area contributed by atoms with E-state index in [0.717, 1.165) is 0 Å². The molecule has 0 bridgehead atoms. The van der Waals surface area contributed by atoms with Gasteiger partial charge in [0.25, 0.3) is 0 Å². The van der Waals surface area contributed by atoms with Gasteiger partial charge in [0.15, 0.2) is 5.82 Å². The number of halogens is 2. The fourth-order valence-electron chi connectivity index (χ4n) is 0.635. The van der Waals surface area contributed by atoms with Crippen LogP contribution >= 0.6 is 15.9 Å². The Bertz CT molecular complexity index is 284. The van der Waals surface area contributed by atoms with E-state index >= 15 is 0 Å².